The summed E-state index contributed by atoms with van der Waals surface area (Å²) in [6, 6.07) is 7.63. The maximum absolute atomic E-state index is 11.9. The van der Waals surface area contributed by atoms with Gasteiger partial charge in [-0.15, -0.1) is 11.8 Å². The molecule has 0 aromatic heterocycles. The Hall–Kier alpha value is -0.840. The zero-order chi connectivity index (χ0) is 13.5. The molecule has 0 N–H and O–H groups in total. The van der Waals surface area contributed by atoms with E-state index in [4.69, 9.17) is 9.47 Å². The Balaban J connectivity index is 1.73. The van der Waals surface area contributed by atoms with Crippen molar-refractivity contribution in [3.8, 4) is 0 Å². The van der Waals surface area contributed by atoms with Crippen molar-refractivity contribution < 1.29 is 14.3 Å². The van der Waals surface area contributed by atoms with Crippen molar-refractivity contribution in [3.63, 3.8) is 0 Å². The van der Waals surface area contributed by atoms with Crippen LogP contribution in [-0.2, 0) is 9.47 Å². The Bertz CT molecular complexity index is 396. The van der Waals surface area contributed by atoms with Crippen molar-refractivity contribution in [2.45, 2.75) is 30.3 Å². The van der Waals surface area contributed by atoms with Gasteiger partial charge in [0.05, 0.1) is 12.7 Å². The minimum absolute atomic E-state index is 0.0310. The molecule has 0 aliphatic carbocycles. The van der Waals surface area contributed by atoms with Gasteiger partial charge in [0.2, 0.25) is 0 Å². The van der Waals surface area contributed by atoms with Crippen LogP contribution in [0, 0.1) is 0 Å². The zero-order valence-electron chi connectivity index (χ0n) is 11.3. The second-order valence-electron chi connectivity index (χ2n) is 4.66. The van der Waals surface area contributed by atoms with Crippen molar-refractivity contribution in [1.82, 2.24) is 0 Å². The van der Waals surface area contributed by atoms with Gasteiger partial charge < -0.3 is 9.47 Å². The fourth-order valence-corrected chi connectivity index (χ4v) is 2.49. The fourth-order valence-electron chi connectivity index (χ4n) is 2.08. The Morgan fingerprint density at radius 2 is 2.16 bits per heavy atom. The van der Waals surface area contributed by atoms with E-state index in [-0.39, 0.29) is 18.5 Å². The first-order valence-electron chi connectivity index (χ1n) is 6.66. The normalized spacial score (nSPS) is 19.3. The number of thioether (sulfide) groups is 1. The summed E-state index contributed by atoms with van der Waals surface area (Å²) >= 11 is 1.67. The molecule has 1 atom stereocenters. The van der Waals surface area contributed by atoms with E-state index in [1.807, 2.05) is 30.5 Å². The van der Waals surface area contributed by atoms with E-state index < -0.39 is 0 Å². The molecule has 1 aromatic rings. The van der Waals surface area contributed by atoms with Gasteiger partial charge in [-0.2, -0.15) is 0 Å². The number of rotatable bonds is 6. The second-order valence-corrected chi connectivity index (χ2v) is 5.54. The highest BCUT2D eigenvalue weighted by atomic mass is 32.2. The molecule has 19 heavy (non-hydrogen) atoms. The number of ketones is 1. The van der Waals surface area contributed by atoms with Crippen molar-refractivity contribution in [1.29, 1.82) is 0 Å². The monoisotopic (exact) mass is 280 g/mol. The number of carbonyl (C=O) groups excluding carboxylic acids is 1. The van der Waals surface area contributed by atoms with E-state index in [1.54, 1.807) is 11.8 Å². The number of ether oxygens (including phenoxy) is 2. The first-order valence-corrected chi connectivity index (χ1v) is 7.88. The molecule has 2 rings (SSSR count). The lowest BCUT2D eigenvalue weighted by Gasteiger charge is -2.22. The molecule has 1 aliphatic heterocycles. The molecular weight excluding hydrogens is 260 g/mol. The number of hydrogen-bond acceptors (Lipinski definition) is 4. The van der Waals surface area contributed by atoms with E-state index in [9.17, 15) is 4.79 Å². The van der Waals surface area contributed by atoms with Gasteiger partial charge in [-0.3, -0.25) is 4.79 Å². The van der Waals surface area contributed by atoms with E-state index in [1.165, 1.54) is 6.42 Å². The lowest BCUT2D eigenvalue weighted by molar-refractivity contribution is -0.0370. The van der Waals surface area contributed by atoms with Crippen LogP contribution in [-0.4, -0.2) is 38.0 Å². The van der Waals surface area contributed by atoms with Crippen LogP contribution in [0.15, 0.2) is 29.2 Å². The minimum atomic E-state index is 0.0310. The molecule has 0 bridgehead atoms. The lowest BCUT2D eigenvalue weighted by atomic mass is 10.1. The smallest absolute Gasteiger partial charge is 0.188 e. The fraction of sp³-hybridized carbons (Fsp3) is 0.533. The third-order valence-corrected chi connectivity index (χ3v) is 3.97. The molecule has 104 valence electrons. The quantitative estimate of drug-likeness (QED) is 0.592. The number of Topliss-reactive ketones (excluding diaryl/α,β-unsaturated/α-hetero) is 1. The molecule has 1 saturated heterocycles. The molecule has 0 radical (unpaired) electrons. The molecule has 1 heterocycles. The molecule has 0 spiro atoms. The highest BCUT2D eigenvalue weighted by molar-refractivity contribution is 7.98. The summed E-state index contributed by atoms with van der Waals surface area (Å²) in [5, 5.41) is 0. The SMILES string of the molecule is CSc1ccc(C(=O)COCC2CCCCO2)cc1. The predicted molar refractivity (Wildman–Crippen MR) is 77.0 cm³/mol. The summed E-state index contributed by atoms with van der Waals surface area (Å²) in [6.07, 6.45) is 5.55. The first kappa shape index (κ1) is 14.6. The highest BCUT2D eigenvalue weighted by Crippen LogP contribution is 2.16. The Labute approximate surface area is 118 Å². The van der Waals surface area contributed by atoms with Crippen LogP contribution in [0.5, 0.6) is 0 Å². The average Bonchev–Trinajstić information content (AvgIpc) is 2.48. The van der Waals surface area contributed by atoms with Crippen LogP contribution < -0.4 is 0 Å². The second kappa shape index (κ2) is 7.68. The maximum Gasteiger partial charge on any atom is 0.188 e. The summed E-state index contributed by atoms with van der Waals surface area (Å²) in [7, 11) is 0. The van der Waals surface area contributed by atoms with Gasteiger partial charge in [0.25, 0.3) is 0 Å². The van der Waals surface area contributed by atoms with Crippen LogP contribution in [0.1, 0.15) is 29.6 Å². The van der Waals surface area contributed by atoms with Gasteiger partial charge in [-0.05, 0) is 37.7 Å². The van der Waals surface area contributed by atoms with Crippen LogP contribution in [0.25, 0.3) is 0 Å². The Morgan fingerprint density at radius 1 is 1.37 bits per heavy atom. The highest BCUT2D eigenvalue weighted by Gasteiger charge is 2.14. The van der Waals surface area contributed by atoms with Gasteiger partial charge in [0.15, 0.2) is 5.78 Å². The molecule has 0 saturated carbocycles. The zero-order valence-corrected chi connectivity index (χ0v) is 12.1. The van der Waals surface area contributed by atoms with Crippen molar-refractivity contribution in [3.05, 3.63) is 29.8 Å². The molecule has 0 amide bonds. The van der Waals surface area contributed by atoms with Gasteiger partial charge in [-0.1, -0.05) is 12.1 Å². The van der Waals surface area contributed by atoms with Crippen molar-refractivity contribution in [2.75, 3.05) is 26.1 Å². The molecule has 3 nitrogen and oxygen atoms in total. The number of benzene rings is 1. The summed E-state index contributed by atoms with van der Waals surface area (Å²) in [6.45, 7) is 1.48. The van der Waals surface area contributed by atoms with Crippen molar-refractivity contribution >= 4 is 17.5 Å². The van der Waals surface area contributed by atoms with E-state index >= 15 is 0 Å². The molecular formula is C15H20O3S. The topological polar surface area (TPSA) is 35.5 Å². The van der Waals surface area contributed by atoms with Crippen LogP contribution in [0.3, 0.4) is 0 Å². The number of hydrogen-bond donors (Lipinski definition) is 0. The third kappa shape index (κ3) is 4.64. The Kier molecular flexibility index (Phi) is 5.89. The van der Waals surface area contributed by atoms with Crippen LogP contribution in [0.2, 0.25) is 0 Å². The van der Waals surface area contributed by atoms with E-state index in [0.717, 1.165) is 24.3 Å². The predicted octanol–water partition coefficient (Wildman–Crippen LogP) is 3.18. The first-order chi connectivity index (χ1) is 9.29. The minimum Gasteiger partial charge on any atom is -0.376 e. The van der Waals surface area contributed by atoms with Gasteiger partial charge >= 0.3 is 0 Å². The van der Waals surface area contributed by atoms with E-state index in [0.29, 0.717) is 12.2 Å². The molecule has 1 aromatic carbocycles. The molecule has 1 aliphatic rings. The summed E-state index contributed by atoms with van der Waals surface area (Å²) < 4.78 is 11.0. The van der Waals surface area contributed by atoms with Gasteiger partial charge in [0, 0.05) is 17.1 Å². The largest absolute Gasteiger partial charge is 0.376 e. The Morgan fingerprint density at radius 3 is 2.79 bits per heavy atom. The molecule has 1 unspecified atom stereocenters. The van der Waals surface area contributed by atoms with Gasteiger partial charge in [-0.25, -0.2) is 0 Å². The van der Waals surface area contributed by atoms with Crippen molar-refractivity contribution in [2.24, 2.45) is 0 Å². The maximum atomic E-state index is 11.9. The summed E-state index contributed by atoms with van der Waals surface area (Å²) in [4.78, 5) is 13.1. The van der Waals surface area contributed by atoms with Crippen LogP contribution >= 0.6 is 11.8 Å². The number of carbonyl (C=O) groups is 1. The summed E-state index contributed by atoms with van der Waals surface area (Å²) in [5.74, 6) is 0.0310. The standard InChI is InChI=1S/C15H20O3S/c1-19-14-7-5-12(6-8-14)15(16)11-17-10-13-4-2-3-9-18-13/h5-8,13H,2-4,9-11H2,1H3. The van der Waals surface area contributed by atoms with Crippen LogP contribution in [0.4, 0.5) is 0 Å². The lowest BCUT2D eigenvalue weighted by Crippen LogP contribution is -2.25. The third-order valence-electron chi connectivity index (χ3n) is 3.22. The molecule has 1 fully saturated rings. The average molecular weight is 280 g/mol. The molecule has 4 heteroatoms. The van der Waals surface area contributed by atoms with Gasteiger partial charge in [0.1, 0.15) is 6.61 Å². The van der Waals surface area contributed by atoms with E-state index in [2.05, 4.69) is 0 Å². The summed E-state index contributed by atoms with van der Waals surface area (Å²) in [5.41, 5.74) is 0.711.